The maximum atomic E-state index is 13.1. The number of nitrogens with zero attached hydrogens (tertiary/aromatic N) is 1. The number of benzene rings is 2. The van der Waals surface area contributed by atoms with Gasteiger partial charge in [0.1, 0.15) is 5.75 Å². The van der Waals surface area contributed by atoms with E-state index in [1.165, 1.54) is 24.1 Å². The lowest BCUT2D eigenvalue weighted by atomic mass is 9.68. The highest BCUT2D eigenvalue weighted by molar-refractivity contribution is 7.90. The fraction of sp³-hybridized carbons (Fsp3) is 0.469. The van der Waals surface area contributed by atoms with Gasteiger partial charge in [0, 0.05) is 29.1 Å². The molecule has 2 aromatic rings. The number of hydrogen-bond acceptors (Lipinski definition) is 6. The summed E-state index contributed by atoms with van der Waals surface area (Å²) in [4.78, 5) is 15.4. The van der Waals surface area contributed by atoms with E-state index in [9.17, 15) is 18.3 Å². The van der Waals surface area contributed by atoms with Crippen molar-refractivity contribution in [1.29, 1.82) is 0 Å². The van der Waals surface area contributed by atoms with Crippen LogP contribution >= 0.6 is 11.6 Å². The molecular weight excluding hydrogens is 560 g/mol. The maximum absolute atomic E-state index is 13.1. The van der Waals surface area contributed by atoms with E-state index in [2.05, 4.69) is 34.9 Å². The van der Waals surface area contributed by atoms with Crippen LogP contribution in [0.2, 0.25) is 5.02 Å². The molecule has 1 spiro atoms. The number of aliphatic hydroxyl groups is 1. The molecule has 1 fully saturated rings. The Morgan fingerprint density at radius 1 is 1.27 bits per heavy atom. The Balaban J connectivity index is 1.51. The third kappa shape index (κ3) is 5.92. The van der Waals surface area contributed by atoms with Crippen molar-refractivity contribution in [3.63, 3.8) is 0 Å². The van der Waals surface area contributed by atoms with Crippen LogP contribution in [0.15, 0.2) is 61.7 Å². The van der Waals surface area contributed by atoms with Gasteiger partial charge in [0.25, 0.3) is 5.91 Å². The zero-order valence-electron chi connectivity index (χ0n) is 23.5. The summed E-state index contributed by atoms with van der Waals surface area (Å²) in [7, 11) is -3.90. The number of anilines is 1. The maximum Gasteiger partial charge on any atom is 0.264 e. The number of carbonyl (C=O) groups excluding carboxylic acids is 1. The number of halogens is 1. The summed E-state index contributed by atoms with van der Waals surface area (Å²) < 4.78 is 33.8. The summed E-state index contributed by atoms with van der Waals surface area (Å²) in [6, 6.07) is 11.2. The van der Waals surface area contributed by atoms with E-state index in [-0.39, 0.29) is 22.8 Å². The van der Waals surface area contributed by atoms with Gasteiger partial charge in [0.2, 0.25) is 10.0 Å². The lowest BCUT2D eigenvalue weighted by Gasteiger charge is -2.45. The van der Waals surface area contributed by atoms with Gasteiger partial charge < -0.3 is 14.7 Å². The van der Waals surface area contributed by atoms with E-state index >= 15 is 0 Å². The number of ether oxygens (including phenoxy) is 1. The highest BCUT2D eigenvalue weighted by atomic mass is 35.5. The van der Waals surface area contributed by atoms with E-state index < -0.39 is 27.3 Å². The van der Waals surface area contributed by atoms with Crippen molar-refractivity contribution in [3.8, 4) is 5.75 Å². The van der Waals surface area contributed by atoms with Crippen LogP contribution < -0.4 is 14.4 Å². The Labute approximate surface area is 248 Å². The standard InChI is InChI=1S/C32H39ClN2O5S/c1-4-7-29(36)26-12-9-24(26)18-35-19-32(15-6-8-22-16-25(33)11-13-27(22)32)20-40-30-14-10-23(17-28(30)35)31(37)34-41(38,39)21(3)5-2/h4-5,10-11,13-14,16-17,21,24,26,29,36H,1-2,6-9,12,15,18-20H2,3H3,(H,34,37)/t21-,24-,26+,29-,32?/m0/s1. The van der Waals surface area contributed by atoms with Crippen molar-refractivity contribution in [1.82, 2.24) is 4.72 Å². The minimum absolute atomic E-state index is 0.172. The summed E-state index contributed by atoms with van der Waals surface area (Å²) in [6.45, 7) is 10.6. The molecule has 0 aromatic heterocycles. The quantitative estimate of drug-likeness (QED) is 0.375. The first-order valence-electron chi connectivity index (χ1n) is 14.3. The first-order valence-corrected chi connectivity index (χ1v) is 16.3. The lowest BCUT2D eigenvalue weighted by Crippen LogP contribution is -2.49. The van der Waals surface area contributed by atoms with Crippen molar-refractivity contribution in [2.45, 2.75) is 62.2 Å². The first kappa shape index (κ1) is 29.7. The van der Waals surface area contributed by atoms with Crippen LogP contribution in [0, 0.1) is 11.8 Å². The van der Waals surface area contributed by atoms with Gasteiger partial charge in [0.05, 0.1) is 23.6 Å². The van der Waals surface area contributed by atoms with Crippen molar-refractivity contribution >= 4 is 33.2 Å². The Hall–Kier alpha value is -2.81. The number of aryl methyl sites for hydroxylation is 1. The molecule has 7 nitrogen and oxygen atoms in total. The molecule has 220 valence electrons. The van der Waals surface area contributed by atoms with E-state index in [0.29, 0.717) is 31.9 Å². The minimum Gasteiger partial charge on any atom is -0.490 e. The number of rotatable bonds is 9. The number of nitrogens with one attached hydrogen (secondary N) is 1. The van der Waals surface area contributed by atoms with Crippen molar-refractivity contribution < 1.29 is 23.1 Å². The minimum atomic E-state index is -3.90. The Morgan fingerprint density at radius 3 is 2.78 bits per heavy atom. The number of amides is 1. The number of hydrogen-bond donors (Lipinski definition) is 2. The van der Waals surface area contributed by atoms with Gasteiger partial charge in [-0.2, -0.15) is 0 Å². The van der Waals surface area contributed by atoms with Gasteiger partial charge in [-0.05, 0) is 98.7 Å². The zero-order chi connectivity index (χ0) is 29.4. The van der Waals surface area contributed by atoms with Crippen LogP contribution in [0.25, 0.3) is 0 Å². The van der Waals surface area contributed by atoms with Crippen molar-refractivity contribution in [2.24, 2.45) is 11.8 Å². The number of fused-ring (bicyclic) bond motifs is 3. The molecule has 0 radical (unpaired) electrons. The molecule has 1 amide bonds. The van der Waals surface area contributed by atoms with Crippen LogP contribution in [0.1, 0.15) is 60.5 Å². The van der Waals surface area contributed by atoms with Crippen molar-refractivity contribution in [3.05, 3.63) is 83.4 Å². The Morgan fingerprint density at radius 2 is 2.07 bits per heavy atom. The zero-order valence-corrected chi connectivity index (χ0v) is 25.1. The molecule has 5 atom stereocenters. The molecule has 3 aliphatic rings. The van der Waals surface area contributed by atoms with Gasteiger partial charge in [-0.3, -0.25) is 4.79 Å². The second-order valence-electron chi connectivity index (χ2n) is 11.8. The summed E-state index contributed by atoms with van der Waals surface area (Å²) >= 11 is 6.37. The average molecular weight is 599 g/mol. The molecular formula is C32H39ClN2O5S. The summed E-state index contributed by atoms with van der Waals surface area (Å²) in [5.74, 6) is 0.406. The molecule has 0 bridgehead atoms. The third-order valence-corrected chi connectivity index (χ3v) is 11.1. The molecule has 1 unspecified atom stereocenters. The Kier molecular flexibility index (Phi) is 8.56. The highest BCUT2D eigenvalue weighted by Gasteiger charge is 2.44. The molecule has 2 aromatic carbocycles. The van der Waals surface area contributed by atoms with Crippen LogP contribution in [0.3, 0.4) is 0 Å². The molecule has 2 N–H and O–H groups in total. The van der Waals surface area contributed by atoms with E-state index in [0.717, 1.165) is 42.8 Å². The van der Waals surface area contributed by atoms with Gasteiger partial charge >= 0.3 is 0 Å². The fourth-order valence-electron chi connectivity index (χ4n) is 6.62. The number of aliphatic hydroxyl groups excluding tert-OH is 1. The van der Waals surface area contributed by atoms with Gasteiger partial charge in [-0.25, -0.2) is 13.1 Å². The molecule has 9 heteroatoms. The molecule has 41 heavy (non-hydrogen) atoms. The first-order chi connectivity index (χ1) is 19.6. The molecule has 2 aliphatic carbocycles. The summed E-state index contributed by atoms with van der Waals surface area (Å²) in [5, 5.41) is 10.6. The lowest BCUT2D eigenvalue weighted by molar-refractivity contribution is 0.0178. The predicted octanol–water partition coefficient (Wildman–Crippen LogP) is 5.41. The average Bonchev–Trinajstić information content (AvgIpc) is 3.07. The fourth-order valence-corrected chi connectivity index (χ4v) is 7.63. The van der Waals surface area contributed by atoms with Gasteiger partial charge in [-0.15, -0.1) is 13.2 Å². The van der Waals surface area contributed by atoms with E-state index in [1.54, 1.807) is 24.3 Å². The predicted molar refractivity (Wildman–Crippen MR) is 163 cm³/mol. The van der Waals surface area contributed by atoms with Crippen LogP contribution in [0.4, 0.5) is 5.69 Å². The molecule has 1 heterocycles. The summed E-state index contributed by atoms with van der Waals surface area (Å²) in [6.07, 6.45) is 8.06. The second-order valence-corrected chi connectivity index (χ2v) is 14.3. The normalized spacial score (nSPS) is 25.0. The molecule has 1 saturated carbocycles. The monoisotopic (exact) mass is 598 g/mol. The van der Waals surface area contributed by atoms with Gasteiger partial charge in [0.15, 0.2) is 0 Å². The largest absolute Gasteiger partial charge is 0.490 e. The molecule has 5 rings (SSSR count). The van der Waals surface area contributed by atoms with E-state index in [4.69, 9.17) is 16.3 Å². The SMILES string of the molecule is C=CC[C@H](O)[C@@H]1CC[C@H]1CN1CC2(CCCc3cc(Cl)ccc32)COc2ccc(C(=O)NS(=O)(=O)[C@@H](C)C=C)cc21. The van der Waals surface area contributed by atoms with Crippen molar-refractivity contribution in [2.75, 3.05) is 24.6 Å². The van der Waals surface area contributed by atoms with E-state index in [1.807, 2.05) is 6.07 Å². The molecule has 0 saturated heterocycles. The smallest absolute Gasteiger partial charge is 0.264 e. The van der Waals surface area contributed by atoms with Crippen LogP contribution in [-0.4, -0.2) is 50.5 Å². The van der Waals surface area contributed by atoms with Crippen LogP contribution in [-0.2, 0) is 21.9 Å². The topological polar surface area (TPSA) is 95.9 Å². The highest BCUT2D eigenvalue weighted by Crippen LogP contribution is 2.46. The van der Waals surface area contributed by atoms with Crippen LogP contribution in [0.5, 0.6) is 5.75 Å². The second kappa shape index (κ2) is 11.8. The third-order valence-electron chi connectivity index (χ3n) is 9.19. The number of sulfonamides is 1. The Bertz CT molecular complexity index is 1440. The summed E-state index contributed by atoms with van der Waals surface area (Å²) in [5.41, 5.74) is 3.20. The van der Waals surface area contributed by atoms with Gasteiger partial charge in [-0.1, -0.05) is 29.8 Å². The number of carbonyl (C=O) groups is 1. The molecule has 1 aliphatic heterocycles.